The van der Waals surface area contributed by atoms with Crippen molar-refractivity contribution in [1.29, 1.82) is 0 Å². The second-order valence-electron chi connectivity index (χ2n) is 4.94. The normalized spacial score (nSPS) is 11.4. The lowest BCUT2D eigenvalue weighted by atomic mass is 10.0. The number of hydrogen-bond acceptors (Lipinski definition) is 6. The summed E-state index contributed by atoms with van der Waals surface area (Å²) in [6, 6.07) is 0. The van der Waals surface area contributed by atoms with E-state index in [-0.39, 0.29) is 19.5 Å². The van der Waals surface area contributed by atoms with Crippen molar-refractivity contribution in [2.45, 2.75) is 72.7 Å². The fourth-order valence-corrected chi connectivity index (χ4v) is 1.41. The molecule has 6 heteroatoms. The summed E-state index contributed by atoms with van der Waals surface area (Å²) < 4.78 is 10.1. The molecule has 0 saturated carbocycles. The zero-order chi connectivity index (χ0) is 18.5. The SMILES string of the molecule is CCCCC(C=O)CC.CCOC(C)OCC.OCC(O)CO. The van der Waals surface area contributed by atoms with Gasteiger partial charge in [-0.3, -0.25) is 0 Å². The van der Waals surface area contributed by atoms with Gasteiger partial charge in [-0.15, -0.1) is 0 Å². The first-order chi connectivity index (χ1) is 11.0. The van der Waals surface area contributed by atoms with E-state index < -0.39 is 6.10 Å². The van der Waals surface area contributed by atoms with Crippen molar-refractivity contribution >= 4 is 6.29 Å². The molecule has 3 N–H and O–H groups in total. The third kappa shape index (κ3) is 26.7. The summed E-state index contributed by atoms with van der Waals surface area (Å²) in [5.41, 5.74) is 0. The molecular formula is C17H38O6. The maximum absolute atomic E-state index is 10.2. The van der Waals surface area contributed by atoms with Crippen molar-refractivity contribution in [3.63, 3.8) is 0 Å². The highest BCUT2D eigenvalue weighted by atomic mass is 16.7. The molecule has 0 aliphatic heterocycles. The molecule has 0 radical (unpaired) electrons. The maximum Gasteiger partial charge on any atom is 0.154 e. The van der Waals surface area contributed by atoms with E-state index in [9.17, 15) is 4.79 Å². The molecule has 0 aliphatic carbocycles. The molecule has 0 aliphatic rings. The largest absolute Gasteiger partial charge is 0.394 e. The third-order valence-electron chi connectivity index (χ3n) is 2.87. The monoisotopic (exact) mass is 338 g/mol. The molecule has 0 fully saturated rings. The van der Waals surface area contributed by atoms with Crippen LogP contribution < -0.4 is 0 Å². The second kappa shape index (κ2) is 23.7. The summed E-state index contributed by atoms with van der Waals surface area (Å²) in [5.74, 6) is 0.324. The number of carbonyl (C=O) groups is 1. The summed E-state index contributed by atoms with van der Waals surface area (Å²) in [7, 11) is 0. The highest BCUT2D eigenvalue weighted by Crippen LogP contribution is 2.08. The van der Waals surface area contributed by atoms with Crippen molar-refractivity contribution in [2.75, 3.05) is 26.4 Å². The molecular weight excluding hydrogens is 300 g/mol. The predicted molar refractivity (Wildman–Crippen MR) is 92.3 cm³/mol. The van der Waals surface area contributed by atoms with Crippen molar-refractivity contribution in [3.05, 3.63) is 0 Å². The van der Waals surface area contributed by atoms with Crippen LogP contribution in [0.4, 0.5) is 0 Å². The number of ether oxygens (including phenoxy) is 2. The summed E-state index contributed by atoms with van der Waals surface area (Å²) in [4.78, 5) is 10.2. The molecule has 0 saturated heterocycles. The molecule has 23 heavy (non-hydrogen) atoms. The summed E-state index contributed by atoms with van der Waals surface area (Å²) >= 11 is 0. The van der Waals surface area contributed by atoms with E-state index in [2.05, 4.69) is 13.8 Å². The van der Waals surface area contributed by atoms with Crippen molar-refractivity contribution < 1.29 is 29.6 Å². The summed E-state index contributed by atoms with van der Waals surface area (Å²) in [5, 5.41) is 24.0. The summed E-state index contributed by atoms with van der Waals surface area (Å²) in [6.45, 7) is 10.7. The minimum absolute atomic E-state index is 0.0370. The fourth-order valence-electron chi connectivity index (χ4n) is 1.41. The quantitative estimate of drug-likeness (QED) is 0.394. The van der Waals surface area contributed by atoms with Crippen LogP contribution in [0.15, 0.2) is 0 Å². The summed E-state index contributed by atoms with van der Waals surface area (Å²) in [6.07, 6.45) is 4.56. The van der Waals surface area contributed by atoms with Crippen LogP contribution in [0.5, 0.6) is 0 Å². The van der Waals surface area contributed by atoms with Crippen molar-refractivity contribution in [3.8, 4) is 0 Å². The van der Waals surface area contributed by atoms with Gasteiger partial charge in [0, 0.05) is 19.1 Å². The van der Waals surface area contributed by atoms with E-state index >= 15 is 0 Å². The van der Waals surface area contributed by atoms with Crippen LogP contribution in [0.3, 0.4) is 0 Å². The molecule has 0 amide bonds. The van der Waals surface area contributed by atoms with Gasteiger partial charge in [-0.05, 0) is 33.6 Å². The van der Waals surface area contributed by atoms with Crippen molar-refractivity contribution in [2.24, 2.45) is 5.92 Å². The minimum atomic E-state index is -0.954. The first-order valence-corrected chi connectivity index (χ1v) is 8.55. The number of rotatable bonds is 11. The number of aliphatic hydroxyl groups excluding tert-OH is 3. The number of hydrogen-bond donors (Lipinski definition) is 3. The Hall–Kier alpha value is -0.530. The molecule has 0 aromatic heterocycles. The Kier molecular flexibility index (Phi) is 28.2. The topological polar surface area (TPSA) is 96.2 Å². The number of aliphatic hydroxyl groups is 3. The van der Waals surface area contributed by atoms with E-state index in [4.69, 9.17) is 24.8 Å². The van der Waals surface area contributed by atoms with Gasteiger partial charge in [0.05, 0.1) is 13.2 Å². The zero-order valence-corrected chi connectivity index (χ0v) is 15.5. The average Bonchev–Trinajstić information content (AvgIpc) is 2.57. The van der Waals surface area contributed by atoms with Gasteiger partial charge in [-0.25, -0.2) is 0 Å². The van der Waals surface area contributed by atoms with Crippen LogP contribution in [-0.4, -0.2) is 60.4 Å². The van der Waals surface area contributed by atoms with Gasteiger partial charge in [0.25, 0.3) is 0 Å². The van der Waals surface area contributed by atoms with Gasteiger partial charge in [0.1, 0.15) is 12.4 Å². The first kappa shape index (κ1) is 27.3. The van der Waals surface area contributed by atoms with Crippen LogP contribution in [-0.2, 0) is 14.3 Å². The van der Waals surface area contributed by atoms with Gasteiger partial charge >= 0.3 is 0 Å². The smallest absolute Gasteiger partial charge is 0.154 e. The molecule has 0 bridgehead atoms. The molecule has 0 heterocycles. The third-order valence-corrected chi connectivity index (χ3v) is 2.87. The van der Waals surface area contributed by atoms with E-state index in [1.54, 1.807) is 0 Å². The van der Waals surface area contributed by atoms with Gasteiger partial charge in [0.15, 0.2) is 6.29 Å². The van der Waals surface area contributed by atoms with Crippen LogP contribution in [0.1, 0.15) is 60.3 Å². The lowest BCUT2D eigenvalue weighted by Crippen LogP contribution is -2.15. The number of aldehydes is 1. The Bertz CT molecular complexity index is 203. The number of carbonyl (C=O) groups excluding carboxylic acids is 1. The molecule has 6 nitrogen and oxygen atoms in total. The Morgan fingerprint density at radius 1 is 1.00 bits per heavy atom. The predicted octanol–water partition coefficient (Wildman–Crippen LogP) is 2.14. The molecule has 0 aromatic rings. The maximum atomic E-state index is 10.2. The van der Waals surface area contributed by atoms with E-state index in [0.29, 0.717) is 5.92 Å². The lowest BCUT2D eigenvalue weighted by Gasteiger charge is -2.09. The fraction of sp³-hybridized carbons (Fsp3) is 0.941. The van der Waals surface area contributed by atoms with E-state index in [1.807, 2.05) is 20.8 Å². The first-order valence-electron chi connectivity index (χ1n) is 8.55. The lowest BCUT2D eigenvalue weighted by molar-refractivity contribution is -0.123. The highest BCUT2D eigenvalue weighted by Gasteiger charge is 2.01. The van der Waals surface area contributed by atoms with Crippen LogP contribution >= 0.6 is 0 Å². The molecule has 0 rings (SSSR count). The Balaban J connectivity index is -0.000000266. The molecule has 142 valence electrons. The minimum Gasteiger partial charge on any atom is -0.394 e. The standard InChI is InChI=1S/C8H16O.C6H14O2.C3H8O3/c1-3-5-6-8(4-2)7-9;1-4-7-6(3)8-5-2;4-1-3(6)2-5/h7-8H,3-6H2,1-2H3;6H,4-5H2,1-3H3;3-6H,1-2H2. The number of unbranched alkanes of at least 4 members (excludes halogenated alkanes) is 1. The van der Waals surface area contributed by atoms with Gasteiger partial charge in [0.2, 0.25) is 0 Å². The average molecular weight is 338 g/mol. The Labute approximate surface area is 141 Å². The zero-order valence-electron chi connectivity index (χ0n) is 15.5. The molecule has 1 unspecified atom stereocenters. The van der Waals surface area contributed by atoms with E-state index in [1.165, 1.54) is 12.8 Å². The second-order valence-corrected chi connectivity index (χ2v) is 4.94. The van der Waals surface area contributed by atoms with Gasteiger partial charge in [-0.2, -0.15) is 0 Å². The van der Waals surface area contributed by atoms with E-state index in [0.717, 1.165) is 32.3 Å². The Morgan fingerprint density at radius 2 is 1.48 bits per heavy atom. The van der Waals surface area contributed by atoms with Gasteiger partial charge < -0.3 is 29.6 Å². The van der Waals surface area contributed by atoms with Crippen LogP contribution in [0.2, 0.25) is 0 Å². The van der Waals surface area contributed by atoms with Crippen LogP contribution in [0, 0.1) is 5.92 Å². The van der Waals surface area contributed by atoms with Crippen molar-refractivity contribution in [1.82, 2.24) is 0 Å². The van der Waals surface area contributed by atoms with Crippen LogP contribution in [0.25, 0.3) is 0 Å². The highest BCUT2D eigenvalue weighted by molar-refractivity contribution is 5.53. The molecule has 1 atom stereocenters. The molecule has 0 aromatic carbocycles. The Morgan fingerprint density at radius 3 is 1.70 bits per heavy atom. The molecule has 0 spiro atoms. The van der Waals surface area contributed by atoms with Gasteiger partial charge in [-0.1, -0.05) is 26.7 Å².